The van der Waals surface area contributed by atoms with Crippen LogP contribution in [0.2, 0.25) is 0 Å². The normalized spacial score (nSPS) is 37.3. The summed E-state index contributed by atoms with van der Waals surface area (Å²) in [7, 11) is 0. The van der Waals surface area contributed by atoms with Gasteiger partial charge in [-0.1, -0.05) is 31.9 Å². The zero-order valence-electron chi connectivity index (χ0n) is 10.7. The van der Waals surface area contributed by atoms with Crippen LogP contribution in [-0.4, -0.2) is 0 Å². The van der Waals surface area contributed by atoms with Gasteiger partial charge in [-0.05, 0) is 62.7 Å². The molecule has 2 aliphatic rings. The largest absolute Gasteiger partial charge is 0.0848 e. The van der Waals surface area contributed by atoms with Crippen LogP contribution in [0.25, 0.3) is 0 Å². The second-order valence-corrected chi connectivity index (χ2v) is 6.06. The lowest BCUT2D eigenvalue weighted by molar-refractivity contribution is 0.357. The Balaban J connectivity index is 1.97. The summed E-state index contributed by atoms with van der Waals surface area (Å²) in [6.07, 6.45) is 12.7. The fourth-order valence-corrected chi connectivity index (χ4v) is 3.51. The molecule has 0 nitrogen and oxygen atoms in total. The summed E-state index contributed by atoms with van der Waals surface area (Å²) in [5.41, 5.74) is 2.39. The molecule has 15 heavy (non-hydrogen) atoms. The van der Waals surface area contributed by atoms with Crippen LogP contribution in [0.3, 0.4) is 0 Å². The highest BCUT2D eigenvalue weighted by Crippen LogP contribution is 2.57. The van der Waals surface area contributed by atoms with Crippen molar-refractivity contribution in [1.29, 1.82) is 0 Å². The Hall–Kier alpha value is -0.260. The molecule has 1 atom stereocenters. The van der Waals surface area contributed by atoms with Gasteiger partial charge in [0.2, 0.25) is 0 Å². The standard InChI is InChI=1S/C15H26/c1-4-12(2)5-6-13(3)15-9-7-14(11-15)8-10-15/h6,12,14H,4-5,7-11H2,1-3H3. The highest BCUT2D eigenvalue weighted by molar-refractivity contribution is 5.18. The molecule has 0 amide bonds. The van der Waals surface area contributed by atoms with Crippen LogP contribution in [0.5, 0.6) is 0 Å². The Morgan fingerprint density at radius 2 is 2.07 bits per heavy atom. The van der Waals surface area contributed by atoms with Gasteiger partial charge >= 0.3 is 0 Å². The lowest BCUT2D eigenvalue weighted by atomic mass is 9.77. The molecule has 2 fully saturated rings. The van der Waals surface area contributed by atoms with Crippen LogP contribution in [0.4, 0.5) is 0 Å². The van der Waals surface area contributed by atoms with Gasteiger partial charge in [0.25, 0.3) is 0 Å². The molecule has 0 radical (unpaired) electrons. The van der Waals surface area contributed by atoms with Gasteiger partial charge in [-0.3, -0.25) is 0 Å². The van der Waals surface area contributed by atoms with Crippen LogP contribution >= 0.6 is 0 Å². The molecule has 2 saturated carbocycles. The molecule has 2 rings (SSSR count). The van der Waals surface area contributed by atoms with Gasteiger partial charge in [0.1, 0.15) is 0 Å². The highest BCUT2D eigenvalue weighted by atomic mass is 14.5. The zero-order chi connectivity index (χ0) is 10.9. The minimum atomic E-state index is 0.665. The van der Waals surface area contributed by atoms with Gasteiger partial charge < -0.3 is 0 Å². The first kappa shape index (κ1) is 11.2. The second kappa shape index (κ2) is 4.31. The van der Waals surface area contributed by atoms with Crippen molar-refractivity contribution >= 4 is 0 Å². The van der Waals surface area contributed by atoms with E-state index in [2.05, 4.69) is 26.8 Å². The Labute approximate surface area is 95.1 Å². The molecule has 0 aromatic heterocycles. The molecule has 0 aliphatic heterocycles. The van der Waals surface area contributed by atoms with Crippen molar-refractivity contribution in [3.8, 4) is 0 Å². The fourth-order valence-electron chi connectivity index (χ4n) is 3.51. The van der Waals surface area contributed by atoms with Crippen molar-refractivity contribution in [1.82, 2.24) is 0 Å². The maximum atomic E-state index is 2.56. The van der Waals surface area contributed by atoms with Gasteiger partial charge in [-0.15, -0.1) is 0 Å². The minimum Gasteiger partial charge on any atom is -0.0848 e. The molecular formula is C15H26. The lowest BCUT2D eigenvalue weighted by Crippen LogP contribution is -2.15. The minimum absolute atomic E-state index is 0.665. The van der Waals surface area contributed by atoms with Crippen molar-refractivity contribution < 1.29 is 0 Å². The maximum absolute atomic E-state index is 2.56. The highest BCUT2D eigenvalue weighted by Gasteiger charge is 2.45. The van der Waals surface area contributed by atoms with Gasteiger partial charge in [0.05, 0.1) is 0 Å². The number of allylic oxidation sites excluding steroid dienone is 2. The first-order valence-corrected chi connectivity index (χ1v) is 6.83. The molecule has 2 bridgehead atoms. The van der Waals surface area contributed by atoms with E-state index in [1.165, 1.54) is 44.9 Å². The topological polar surface area (TPSA) is 0 Å². The molecule has 0 aromatic carbocycles. The summed E-state index contributed by atoms with van der Waals surface area (Å²) in [4.78, 5) is 0. The predicted octanol–water partition coefficient (Wildman–Crippen LogP) is 4.95. The monoisotopic (exact) mass is 206 g/mol. The summed E-state index contributed by atoms with van der Waals surface area (Å²) in [5.74, 6) is 1.95. The number of fused-ring (bicyclic) bond motifs is 2. The molecule has 86 valence electrons. The molecule has 0 heterocycles. The number of hydrogen-bond acceptors (Lipinski definition) is 0. The molecule has 0 saturated heterocycles. The third-order valence-electron chi connectivity index (χ3n) is 5.10. The molecular weight excluding hydrogens is 180 g/mol. The summed E-state index contributed by atoms with van der Waals surface area (Å²) in [5, 5.41) is 0. The average molecular weight is 206 g/mol. The van der Waals surface area contributed by atoms with E-state index in [9.17, 15) is 0 Å². The molecule has 1 unspecified atom stereocenters. The Kier molecular flexibility index (Phi) is 3.23. The van der Waals surface area contributed by atoms with Crippen molar-refractivity contribution in [3.05, 3.63) is 11.6 Å². The van der Waals surface area contributed by atoms with Gasteiger partial charge in [0, 0.05) is 0 Å². The van der Waals surface area contributed by atoms with E-state index in [1.54, 1.807) is 5.57 Å². The van der Waals surface area contributed by atoms with Gasteiger partial charge in [-0.25, -0.2) is 0 Å². The van der Waals surface area contributed by atoms with Crippen LogP contribution in [0, 0.1) is 17.3 Å². The summed E-state index contributed by atoms with van der Waals surface area (Å²) >= 11 is 0. The smallest absolute Gasteiger partial charge is 0.00880 e. The predicted molar refractivity (Wildman–Crippen MR) is 66.8 cm³/mol. The van der Waals surface area contributed by atoms with Crippen LogP contribution in [0.15, 0.2) is 11.6 Å². The van der Waals surface area contributed by atoms with Crippen LogP contribution in [0.1, 0.15) is 65.7 Å². The van der Waals surface area contributed by atoms with E-state index in [1.807, 2.05) is 0 Å². The molecule has 2 aliphatic carbocycles. The van der Waals surface area contributed by atoms with Crippen LogP contribution in [-0.2, 0) is 0 Å². The lowest BCUT2D eigenvalue weighted by Gasteiger charge is -2.28. The van der Waals surface area contributed by atoms with Crippen molar-refractivity contribution in [3.63, 3.8) is 0 Å². The number of rotatable bonds is 4. The third kappa shape index (κ3) is 2.14. The number of hydrogen-bond donors (Lipinski definition) is 0. The van der Waals surface area contributed by atoms with Gasteiger partial charge in [0.15, 0.2) is 0 Å². The van der Waals surface area contributed by atoms with Crippen LogP contribution < -0.4 is 0 Å². The molecule has 0 aromatic rings. The Morgan fingerprint density at radius 1 is 1.40 bits per heavy atom. The fraction of sp³-hybridized carbons (Fsp3) is 0.867. The summed E-state index contributed by atoms with van der Waals surface area (Å²) < 4.78 is 0. The van der Waals surface area contributed by atoms with Crippen molar-refractivity contribution in [2.75, 3.05) is 0 Å². The molecule has 0 heteroatoms. The van der Waals surface area contributed by atoms with Crippen molar-refractivity contribution in [2.24, 2.45) is 17.3 Å². The van der Waals surface area contributed by atoms with E-state index in [0.717, 1.165) is 11.8 Å². The SMILES string of the molecule is CCC(C)CC=C(C)C12CCC(CC1)C2. The van der Waals surface area contributed by atoms with E-state index < -0.39 is 0 Å². The zero-order valence-corrected chi connectivity index (χ0v) is 10.7. The maximum Gasteiger partial charge on any atom is -0.00880 e. The summed E-state index contributed by atoms with van der Waals surface area (Å²) in [6, 6.07) is 0. The quantitative estimate of drug-likeness (QED) is 0.571. The molecule has 0 N–H and O–H groups in total. The Bertz CT molecular complexity index is 241. The van der Waals surface area contributed by atoms with E-state index in [4.69, 9.17) is 0 Å². The molecule has 0 spiro atoms. The first-order chi connectivity index (χ1) is 7.16. The first-order valence-electron chi connectivity index (χ1n) is 6.83. The Morgan fingerprint density at radius 3 is 2.53 bits per heavy atom. The second-order valence-electron chi connectivity index (χ2n) is 6.06. The van der Waals surface area contributed by atoms with Gasteiger partial charge in [-0.2, -0.15) is 0 Å². The third-order valence-corrected chi connectivity index (χ3v) is 5.10. The summed E-state index contributed by atoms with van der Waals surface area (Å²) in [6.45, 7) is 7.07. The van der Waals surface area contributed by atoms with Crippen molar-refractivity contribution in [2.45, 2.75) is 65.7 Å². The average Bonchev–Trinajstić information content (AvgIpc) is 2.86. The van der Waals surface area contributed by atoms with E-state index >= 15 is 0 Å². The van der Waals surface area contributed by atoms with E-state index in [-0.39, 0.29) is 0 Å². The van der Waals surface area contributed by atoms with E-state index in [0.29, 0.717) is 5.41 Å².